The van der Waals surface area contributed by atoms with Gasteiger partial charge in [0.1, 0.15) is 6.04 Å². The number of aliphatic carboxylic acids is 1. The number of carbonyl (C=O) groups is 3. The number of urea groups is 1. The van der Waals surface area contributed by atoms with Gasteiger partial charge in [0.15, 0.2) is 0 Å². The normalized spacial score (nSPS) is 13.7. The maximum Gasteiger partial charge on any atom is 0.326 e. The van der Waals surface area contributed by atoms with Gasteiger partial charge in [-0.1, -0.05) is 0 Å². The van der Waals surface area contributed by atoms with Crippen molar-refractivity contribution < 1.29 is 19.5 Å². The molecular formula is C11H22N4O4. The highest BCUT2D eigenvalue weighted by molar-refractivity contribution is 5.83. The van der Waals surface area contributed by atoms with E-state index in [9.17, 15) is 14.4 Å². The molecule has 1 unspecified atom stereocenters. The Morgan fingerprint density at radius 3 is 2.26 bits per heavy atom. The van der Waals surface area contributed by atoms with Crippen LogP contribution in [0.25, 0.3) is 0 Å². The second kappa shape index (κ2) is 8.30. The van der Waals surface area contributed by atoms with E-state index in [1.165, 1.54) is 0 Å². The summed E-state index contributed by atoms with van der Waals surface area (Å²) in [6.45, 7) is 2.44. The van der Waals surface area contributed by atoms with Gasteiger partial charge in [-0.25, -0.2) is 9.59 Å². The number of likely N-dealkylation sites (N-methyl/N-ethyl adjacent to an activating group) is 1. The molecule has 0 aromatic carbocycles. The Labute approximate surface area is 112 Å². The van der Waals surface area contributed by atoms with Crippen molar-refractivity contribution in [2.24, 2.45) is 5.73 Å². The standard InChI is InChI=1S/C11H22N4O4/c1-7(6-15(2)3)13-11(19)14-8(10(17)18)4-5-9(12)16/h7-8H,4-6H2,1-3H3,(H2,12,16)(H,17,18)(H2,13,14,19)/t7?,8-/m0/s1. The van der Waals surface area contributed by atoms with Crippen molar-refractivity contribution in [1.82, 2.24) is 15.5 Å². The molecule has 110 valence electrons. The minimum absolute atomic E-state index is 0.0276. The van der Waals surface area contributed by atoms with Crippen LogP contribution in [0.3, 0.4) is 0 Å². The maximum absolute atomic E-state index is 11.6. The molecule has 0 aliphatic carbocycles. The summed E-state index contributed by atoms with van der Waals surface area (Å²) in [5.41, 5.74) is 4.94. The lowest BCUT2D eigenvalue weighted by Crippen LogP contribution is -2.50. The third-order valence-corrected chi connectivity index (χ3v) is 2.30. The molecule has 0 rings (SSSR count). The predicted molar refractivity (Wildman–Crippen MR) is 69.5 cm³/mol. The molecule has 5 N–H and O–H groups in total. The first kappa shape index (κ1) is 17.2. The van der Waals surface area contributed by atoms with Crippen LogP contribution in [0.4, 0.5) is 4.79 Å². The predicted octanol–water partition coefficient (Wildman–Crippen LogP) is -1.05. The Morgan fingerprint density at radius 1 is 1.26 bits per heavy atom. The summed E-state index contributed by atoms with van der Waals surface area (Å²) < 4.78 is 0. The average Bonchev–Trinajstić information content (AvgIpc) is 2.21. The Bertz CT molecular complexity index is 333. The molecule has 0 fully saturated rings. The minimum atomic E-state index is -1.20. The van der Waals surface area contributed by atoms with Gasteiger partial charge in [-0.3, -0.25) is 4.79 Å². The molecule has 8 nitrogen and oxygen atoms in total. The highest BCUT2D eigenvalue weighted by Crippen LogP contribution is 1.97. The molecule has 3 amide bonds. The van der Waals surface area contributed by atoms with Crippen molar-refractivity contribution in [2.45, 2.75) is 31.8 Å². The lowest BCUT2D eigenvalue weighted by atomic mass is 10.1. The van der Waals surface area contributed by atoms with Crippen LogP contribution in [0.15, 0.2) is 0 Å². The van der Waals surface area contributed by atoms with Crippen molar-refractivity contribution in [2.75, 3.05) is 20.6 Å². The summed E-state index contributed by atoms with van der Waals surface area (Å²) in [6.07, 6.45) is -0.120. The number of nitrogens with one attached hydrogen (secondary N) is 2. The van der Waals surface area contributed by atoms with Crippen molar-refractivity contribution in [1.29, 1.82) is 0 Å². The third kappa shape index (κ3) is 8.83. The van der Waals surface area contributed by atoms with Crippen molar-refractivity contribution in [3.05, 3.63) is 0 Å². The first-order valence-corrected chi connectivity index (χ1v) is 5.95. The molecule has 0 saturated carbocycles. The molecule has 19 heavy (non-hydrogen) atoms. The van der Waals surface area contributed by atoms with Crippen molar-refractivity contribution in [3.8, 4) is 0 Å². The molecule has 0 bridgehead atoms. The van der Waals surface area contributed by atoms with E-state index < -0.39 is 23.9 Å². The van der Waals surface area contributed by atoms with Gasteiger partial charge in [0.25, 0.3) is 0 Å². The van der Waals surface area contributed by atoms with E-state index in [0.29, 0.717) is 6.54 Å². The molecule has 0 aliphatic rings. The zero-order chi connectivity index (χ0) is 15.0. The zero-order valence-electron chi connectivity index (χ0n) is 11.5. The van der Waals surface area contributed by atoms with E-state index >= 15 is 0 Å². The van der Waals surface area contributed by atoms with Crippen LogP contribution in [0.2, 0.25) is 0 Å². The van der Waals surface area contributed by atoms with Gasteiger partial charge < -0.3 is 26.4 Å². The lowest BCUT2D eigenvalue weighted by molar-refractivity contribution is -0.139. The highest BCUT2D eigenvalue weighted by Gasteiger charge is 2.21. The van der Waals surface area contributed by atoms with Crippen LogP contribution in [-0.4, -0.2) is 60.6 Å². The van der Waals surface area contributed by atoms with E-state index in [2.05, 4.69) is 10.6 Å². The number of amides is 3. The number of nitrogens with two attached hydrogens (primary N) is 1. The fraction of sp³-hybridized carbons (Fsp3) is 0.727. The average molecular weight is 274 g/mol. The number of carboxylic acids is 1. The fourth-order valence-electron chi connectivity index (χ4n) is 1.56. The molecule has 8 heteroatoms. The van der Waals surface area contributed by atoms with E-state index in [1.54, 1.807) is 6.92 Å². The number of nitrogens with zero attached hydrogens (tertiary/aromatic N) is 1. The Kier molecular flexibility index (Phi) is 7.50. The molecule has 0 radical (unpaired) electrons. The first-order valence-electron chi connectivity index (χ1n) is 5.95. The summed E-state index contributed by atoms with van der Waals surface area (Å²) >= 11 is 0. The highest BCUT2D eigenvalue weighted by atomic mass is 16.4. The summed E-state index contributed by atoms with van der Waals surface area (Å²) in [4.78, 5) is 35.0. The number of rotatable bonds is 8. The van der Waals surface area contributed by atoms with Crippen molar-refractivity contribution in [3.63, 3.8) is 0 Å². The summed E-state index contributed by atoms with van der Waals surface area (Å²) in [7, 11) is 3.73. The molecule has 0 heterocycles. The fourth-order valence-corrected chi connectivity index (χ4v) is 1.56. The number of hydrogen-bond acceptors (Lipinski definition) is 4. The maximum atomic E-state index is 11.6. The van der Waals surface area contributed by atoms with Crippen LogP contribution < -0.4 is 16.4 Å². The van der Waals surface area contributed by atoms with Gasteiger partial charge in [0, 0.05) is 19.0 Å². The largest absolute Gasteiger partial charge is 0.480 e. The topological polar surface area (TPSA) is 125 Å². The molecular weight excluding hydrogens is 252 g/mol. The van der Waals surface area contributed by atoms with E-state index in [-0.39, 0.29) is 18.9 Å². The third-order valence-electron chi connectivity index (χ3n) is 2.30. The van der Waals surface area contributed by atoms with Crippen LogP contribution in [-0.2, 0) is 9.59 Å². The second-order valence-corrected chi connectivity index (χ2v) is 4.68. The first-order chi connectivity index (χ1) is 8.72. The van der Waals surface area contributed by atoms with E-state index in [4.69, 9.17) is 10.8 Å². The summed E-state index contributed by atoms with van der Waals surface area (Å²) in [5, 5.41) is 13.8. The SMILES string of the molecule is CC(CN(C)C)NC(=O)N[C@@H](CCC(N)=O)C(=O)O. The number of primary amides is 1. The van der Waals surface area contributed by atoms with Gasteiger partial charge in [0.2, 0.25) is 5.91 Å². The smallest absolute Gasteiger partial charge is 0.326 e. The zero-order valence-corrected chi connectivity index (χ0v) is 11.5. The van der Waals surface area contributed by atoms with Crippen LogP contribution in [0.1, 0.15) is 19.8 Å². The van der Waals surface area contributed by atoms with E-state index in [0.717, 1.165) is 0 Å². The molecule has 0 aromatic rings. The summed E-state index contributed by atoms with van der Waals surface area (Å²) in [6, 6.07) is -1.83. The van der Waals surface area contributed by atoms with Gasteiger partial charge in [-0.15, -0.1) is 0 Å². The van der Waals surface area contributed by atoms with E-state index in [1.807, 2.05) is 19.0 Å². The Balaban J connectivity index is 4.23. The van der Waals surface area contributed by atoms with Gasteiger partial charge in [-0.05, 0) is 27.4 Å². The van der Waals surface area contributed by atoms with Gasteiger partial charge in [-0.2, -0.15) is 0 Å². The molecule has 2 atom stereocenters. The number of hydrogen-bond donors (Lipinski definition) is 4. The lowest BCUT2D eigenvalue weighted by Gasteiger charge is -2.20. The molecule has 0 aliphatic heterocycles. The number of carboxylic acid groups (broad SMARTS) is 1. The molecule has 0 aromatic heterocycles. The van der Waals surface area contributed by atoms with Crippen molar-refractivity contribution >= 4 is 17.9 Å². The van der Waals surface area contributed by atoms with Gasteiger partial charge >= 0.3 is 12.0 Å². The van der Waals surface area contributed by atoms with Gasteiger partial charge in [0.05, 0.1) is 0 Å². The quantitative estimate of drug-likeness (QED) is 0.449. The molecule has 0 saturated heterocycles. The second-order valence-electron chi connectivity index (χ2n) is 4.68. The summed E-state index contributed by atoms with van der Waals surface area (Å²) in [5.74, 6) is -1.80. The Morgan fingerprint density at radius 2 is 1.84 bits per heavy atom. The minimum Gasteiger partial charge on any atom is -0.480 e. The number of carbonyl (C=O) groups excluding carboxylic acids is 2. The monoisotopic (exact) mass is 274 g/mol. The molecule has 0 spiro atoms. The van der Waals surface area contributed by atoms with Crippen LogP contribution >= 0.6 is 0 Å². The van der Waals surface area contributed by atoms with Crippen LogP contribution in [0.5, 0.6) is 0 Å². The van der Waals surface area contributed by atoms with Crippen LogP contribution in [0, 0.1) is 0 Å². The Hall–Kier alpha value is -1.83.